The summed E-state index contributed by atoms with van der Waals surface area (Å²) in [5.74, 6) is 0. The van der Waals surface area contributed by atoms with Gasteiger partial charge in [0.25, 0.3) is 0 Å². The fourth-order valence-corrected chi connectivity index (χ4v) is 3.46. The van der Waals surface area contributed by atoms with E-state index in [4.69, 9.17) is 0 Å². The van der Waals surface area contributed by atoms with Crippen molar-refractivity contribution in [3.8, 4) is 0 Å². The number of aromatic nitrogens is 3. The standard InChI is InChI=1S/C15H27N5.ClH/c1-14(2,3)20-11-13(17-18-20)10-19-9-6-15(12-19)4-7-16-8-5-15;/h11,16H,4-10,12H2,1-3H3;1H. The van der Waals surface area contributed by atoms with Crippen molar-refractivity contribution < 1.29 is 0 Å². The van der Waals surface area contributed by atoms with E-state index in [1.165, 1.54) is 45.4 Å². The molecule has 3 rings (SSSR count). The second kappa shape index (κ2) is 6.23. The van der Waals surface area contributed by atoms with Gasteiger partial charge in [-0.15, -0.1) is 17.5 Å². The summed E-state index contributed by atoms with van der Waals surface area (Å²) in [6.45, 7) is 12.2. The van der Waals surface area contributed by atoms with Gasteiger partial charge >= 0.3 is 0 Å². The monoisotopic (exact) mass is 313 g/mol. The highest BCUT2D eigenvalue weighted by Crippen LogP contribution is 2.38. The fourth-order valence-electron chi connectivity index (χ4n) is 3.46. The molecule has 0 saturated carbocycles. The normalized spacial score (nSPS) is 22.4. The maximum absolute atomic E-state index is 4.34. The average Bonchev–Trinajstić information content (AvgIpc) is 2.99. The van der Waals surface area contributed by atoms with E-state index < -0.39 is 0 Å². The molecular weight excluding hydrogens is 286 g/mol. The van der Waals surface area contributed by atoms with Crippen molar-refractivity contribution in [2.24, 2.45) is 5.41 Å². The Hall–Kier alpha value is -0.650. The molecule has 0 amide bonds. The lowest BCUT2D eigenvalue weighted by atomic mass is 9.78. The summed E-state index contributed by atoms with van der Waals surface area (Å²) in [5.41, 5.74) is 1.70. The van der Waals surface area contributed by atoms with E-state index in [2.05, 4.69) is 47.5 Å². The first kappa shape index (κ1) is 16.7. The molecule has 0 aromatic carbocycles. The smallest absolute Gasteiger partial charge is 0.0967 e. The van der Waals surface area contributed by atoms with Crippen LogP contribution in [0.3, 0.4) is 0 Å². The average molecular weight is 314 g/mol. The molecule has 1 N–H and O–H groups in total. The van der Waals surface area contributed by atoms with Gasteiger partial charge in [0, 0.05) is 13.1 Å². The minimum absolute atomic E-state index is 0. The molecule has 2 fully saturated rings. The Kier molecular flexibility index (Phi) is 4.96. The fraction of sp³-hybridized carbons (Fsp3) is 0.867. The quantitative estimate of drug-likeness (QED) is 0.907. The molecule has 0 bridgehead atoms. The van der Waals surface area contributed by atoms with Gasteiger partial charge in [0.1, 0.15) is 0 Å². The molecule has 0 unspecified atom stereocenters. The van der Waals surface area contributed by atoms with Crippen molar-refractivity contribution in [2.45, 2.75) is 52.1 Å². The highest BCUT2D eigenvalue weighted by atomic mass is 35.5. The van der Waals surface area contributed by atoms with Crippen LogP contribution < -0.4 is 5.32 Å². The van der Waals surface area contributed by atoms with Crippen molar-refractivity contribution in [1.29, 1.82) is 0 Å². The van der Waals surface area contributed by atoms with Crippen LogP contribution >= 0.6 is 12.4 Å². The molecule has 2 aliphatic rings. The molecule has 21 heavy (non-hydrogen) atoms. The minimum atomic E-state index is 0. The molecule has 2 aliphatic heterocycles. The van der Waals surface area contributed by atoms with Crippen molar-refractivity contribution in [3.63, 3.8) is 0 Å². The van der Waals surface area contributed by atoms with E-state index in [0.717, 1.165) is 12.2 Å². The lowest BCUT2D eigenvalue weighted by Crippen LogP contribution is -2.38. The molecule has 3 heterocycles. The first-order valence-electron chi connectivity index (χ1n) is 7.82. The molecule has 6 heteroatoms. The van der Waals surface area contributed by atoms with Crippen molar-refractivity contribution in [2.75, 3.05) is 26.2 Å². The van der Waals surface area contributed by atoms with Crippen molar-refractivity contribution in [1.82, 2.24) is 25.2 Å². The largest absolute Gasteiger partial charge is 0.317 e. The van der Waals surface area contributed by atoms with E-state index in [-0.39, 0.29) is 17.9 Å². The second-order valence-electron chi connectivity index (χ2n) is 7.54. The number of nitrogens with one attached hydrogen (secondary N) is 1. The third kappa shape index (κ3) is 3.76. The van der Waals surface area contributed by atoms with Crippen molar-refractivity contribution in [3.05, 3.63) is 11.9 Å². The molecule has 0 radical (unpaired) electrons. The second-order valence-corrected chi connectivity index (χ2v) is 7.54. The molecule has 5 nitrogen and oxygen atoms in total. The van der Waals surface area contributed by atoms with Crippen molar-refractivity contribution >= 4 is 12.4 Å². The number of piperidine rings is 1. The van der Waals surface area contributed by atoms with Gasteiger partial charge in [-0.2, -0.15) is 0 Å². The Labute approximate surface area is 133 Å². The van der Waals surface area contributed by atoms with E-state index in [1.54, 1.807) is 0 Å². The van der Waals surface area contributed by atoms with Crippen LogP contribution in [-0.2, 0) is 12.1 Å². The number of hydrogen-bond acceptors (Lipinski definition) is 4. The van der Waals surface area contributed by atoms with Gasteiger partial charge in [-0.1, -0.05) is 5.21 Å². The molecule has 120 valence electrons. The van der Waals surface area contributed by atoms with Gasteiger partial charge in [0.2, 0.25) is 0 Å². The lowest BCUT2D eigenvalue weighted by Gasteiger charge is -2.33. The third-order valence-corrected chi connectivity index (χ3v) is 4.80. The highest BCUT2D eigenvalue weighted by molar-refractivity contribution is 5.85. The maximum Gasteiger partial charge on any atom is 0.0967 e. The number of likely N-dealkylation sites (tertiary alicyclic amines) is 1. The van der Waals surface area contributed by atoms with Crippen LogP contribution in [0.2, 0.25) is 0 Å². The molecule has 1 aromatic rings. The first-order valence-corrected chi connectivity index (χ1v) is 7.82. The van der Waals surface area contributed by atoms with Crippen LogP contribution in [0.25, 0.3) is 0 Å². The van der Waals surface area contributed by atoms with E-state index in [0.29, 0.717) is 5.41 Å². The Morgan fingerprint density at radius 1 is 1.24 bits per heavy atom. The number of nitrogens with zero attached hydrogens (tertiary/aromatic N) is 4. The summed E-state index contributed by atoms with van der Waals surface area (Å²) < 4.78 is 1.97. The third-order valence-electron chi connectivity index (χ3n) is 4.80. The molecule has 2 saturated heterocycles. The zero-order valence-electron chi connectivity index (χ0n) is 13.4. The van der Waals surface area contributed by atoms with Gasteiger partial charge < -0.3 is 5.32 Å². The summed E-state index contributed by atoms with van der Waals surface area (Å²) in [5, 5.41) is 12.1. The zero-order valence-corrected chi connectivity index (χ0v) is 14.2. The van der Waals surface area contributed by atoms with Gasteiger partial charge in [0.05, 0.1) is 17.4 Å². The summed E-state index contributed by atoms with van der Waals surface area (Å²) in [4.78, 5) is 2.56. The van der Waals surface area contributed by atoms with E-state index in [9.17, 15) is 0 Å². The predicted octanol–water partition coefficient (Wildman–Crippen LogP) is 2.03. The highest BCUT2D eigenvalue weighted by Gasteiger charge is 2.38. The molecule has 0 aliphatic carbocycles. The van der Waals surface area contributed by atoms with Crippen LogP contribution in [0.5, 0.6) is 0 Å². The Morgan fingerprint density at radius 2 is 1.95 bits per heavy atom. The topological polar surface area (TPSA) is 46.0 Å². The Balaban J connectivity index is 0.00000161. The van der Waals surface area contributed by atoms with Crippen LogP contribution in [0.1, 0.15) is 45.7 Å². The summed E-state index contributed by atoms with van der Waals surface area (Å²) in [6.07, 6.45) is 6.12. The lowest BCUT2D eigenvalue weighted by molar-refractivity contribution is 0.193. The summed E-state index contributed by atoms with van der Waals surface area (Å²) >= 11 is 0. The van der Waals surface area contributed by atoms with Gasteiger partial charge in [-0.3, -0.25) is 4.90 Å². The van der Waals surface area contributed by atoms with Crippen LogP contribution in [0.4, 0.5) is 0 Å². The van der Waals surface area contributed by atoms with Gasteiger partial charge in [-0.25, -0.2) is 4.68 Å². The number of hydrogen-bond donors (Lipinski definition) is 1. The van der Waals surface area contributed by atoms with Gasteiger partial charge in [0.15, 0.2) is 0 Å². The molecular formula is C15H28ClN5. The SMILES string of the molecule is CC(C)(C)n1cc(CN2CCC3(CCNCC3)C2)nn1.Cl. The van der Waals surface area contributed by atoms with E-state index >= 15 is 0 Å². The van der Waals surface area contributed by atoms with Crippen LogP contribution in [0, 0.1) is 5.41 Å². The molecule has 0 atom stereocenters. The Bertz CT molecular complexity index is 459. The summed E-state index contributed by atoms with van der Waals surface area (Å²) in [7, 11) is 0. The molecule has 1 aromatic heterocycles. The Morgan fingerprint density at radius 3 is 2.57 bits per heavy atom. The van der Waals surface area contributed by atoms with E-state index in [1.807, 2.05) is 4.68 Å². The first-order chi connectivity index (χ1) is 9.47. The maximum atomic E-state index is 4.34. The molecule has 1 spiro atoms. The summed E-state index contributed by atoms with van der Waals surface area (Å²) in [6, 6.07) is 0. The number of halogens is 1. The van der Waals surface area contributed by atoms with Crippen LogP contribution in [-0.4, -0.2) is 46.1 Å². The number of rotatable bonds is 2. The predicted molar refractivity (Wildman–Crippen MR) is 86.7 cm³/mol. The van der Waals surface area contributed by atoms with Gasteiger partial charge in [-0.05, 0) is 65.1 Å². The zero-order chi connectivity index (χ0) is 14.2. The van der Waals surface area contributed by atoms with Crippen LogP contribution in [0.15, 0.2) is 6.20 Å². The minimum Gasteiger partial charge on any atom is -0.317 e.